The van der Waals surface area contributed by atoms with Gasteiger partial charge < -0.3 is 4.57 Å². The van der Waals surface area contributed by atoms with Crippen LogP contribution in [0.15, 0.2) is 39.9 Å². The molecule has 1 aromatic heterocycles. The molecule has 0 bridgehead atoms. The van der Waals surface area contributed by atoms with E-state index in [1.165, 1.54) is 6.07 Å². The molecule has 0 saturated carbocycles. The molecule has 0 radical (unpaired) electrons. The fourth-order valence-electron chi connectivity index (χ4n) is 3.11. The minimum Gasteiger partial charge on any atom is -0.347 e. The van der Waals surface area contributed by atoms with Crippen molar-refractivity contribution in [2.45, 2.75) is 31.6 Å². The highest BCUT2D eigenvalue weighted by atomic mass is 35.5. The second kappa shape index (κ2) is 5.73. The van der Waals surface area contributed by atoms with Gasteiger partial charge in [-0.3, -0.25) is 9.59 Å². The first-order chi connectivity index (χ1) is 10.5. The SMILES string of the molecule is CCCC(Cl)Cc1c(-c2cc(=O)c2=O)c2ccccc2n1C. The van der Waals surface area contributed by atoms with E-state index in [9.17, 15) is 9.59 Å². The van der Waals surface area contributed by atoms with Crippen LogP contribution in [0.4, 0.5) is 0 Å². The molecule has 0 aliphatic heterocycles. The lowest BCUT2D eigenvalue weighted by Gasteiger charge is -2.12. The standard InChI is InChI=1S/C18H18ClNO2/c1-3-6-11(19)9-15-17(13-10-16(21)18(13)22)12-7-4-5-8-14(12)20(15)2/h4-5,7-8,10-11H,3,6,9H2,1-2H3. The third-order valence-electron chi connectivity index (χ3n) is 4.26. The number of alkyl halides is 1. The van der Waals surface area contributed by atoms with E-state index in [4.69, 9.17) is 11.6 Å². The normalized spacial score (nSPS) is 13.0. The lowest BCUT2D eigenvalue weighted by atomic mass is 9.96. The zero-order chi connectivity index (χ0) is 15.9. The molecular formula is C18H18ClNO2. The van der Waals surface area contributed by atoms with E-state index in [0.717, 1.165) is 35.0 Å². The molecule has 0 aliphatic carbocycles. The number of nitrogens with zero attached hydrogens (tertiary/aromatic N) is 1. The Morgan fingerprint density at radius 2 is 1.95 bits per heavy atom. The fourth-order valence-corrected chi connectivity index (χ4v) is 3.48. The van der Waals surface area contributed by atoms with Crippen molar-refractivity contribution < 1.29 is 0 Å². The molecule has 0 fully saturated rings. The van der Waals surface area contributed by atoms with E-state index < -0.39 is 5.43 Å². The van der Waals surface area contributed by atoms with Crippen molar-refractivity contribution in [2.24, 2.45) is 7.05 Å². The Morgan fingerprint density at radius 3 is 2.59 bits per heavy atom. The second-order valence-electron chi connectivity index (χ2n) is 5.74. The maximum atomic E-state index is 11.9. The van der Waals surface area contributed by atoms with Crippen molar-refractivity contribution in [3.63, 3.8) is 0 Å². The van der Waals surface area contributed by atoms with Crippen molar-refractivity contribution in [3.05, 3.63) is 56.5 Å². The lowest BCUT2D eigenvalue weighted by Crippen LogP contribution is -2.31. The van der Waals surface area contributed by atoms with Gasteiger partial charge in [-0.05, 0) is 12.5 Å². The minimum atomic E-state index is -0.412. The lowest BCUT2D eigenvalue weighted by molar-refractivity contribution is 0.699. The summed E-state index contributed by atoms with van der Waals surface area (Å²) in [7, 11) is 1.99. The van der Waals surface area contributed by atoms with Gasteiger partial charge in [-0.15, -0.1) is 11.6 Å². The molecule has 0 aliphatic rings. The largest absolute Gasteiger partial charge is 0.347 e. The summed E-state index contributed by atoms with van der Waals surface area (Å²) in [6, 6.07) is 9.38. The Morgan fingerprint density at radius 1 is 1.23 bits per heavy atom. The van der Waals surface area contributed by atoms with Crippen LogP contribution < -0.4 is 10.9 Å². The predicted molar refractivity (Wildman–Crippen MR) is 91.5 cm³/mol. The second-order valence-corrected chi connectivity index (χ2v) is 6.36. The Kier molecular flexibility index (Phi) is 3.92. The van der Waals surface area contributed by atoms with Crippen molar-refractivity contribution >= 4 is 22.5 Å². The quantitative estimate of drug-likeness (QED) is 0.535. The van der Waals surface area contributed by atoms with E-state index in [1.54, 1.807) is 0 Å². The first-order valence-electron chi connectivity index (χ1n) is 7.55. The molecule has 3 aromatic rings. The molecule has 0 amide bonds. The van der Waals surface area contributed by atoms with Crippen molar-refractivity contribution in [2.75, 3.05) is 0 Å². The van der Waals surface area contributed by atoms with Crippen LogP contribution in [-0.2, 0) is 13.5 Å². The van der Waals surface area contributed by atoms with Crippen LogP contribution in [0.5, 0.6) is 0 Å². The number of hydrogen-bond donors (Lipinski definition) is 0. The highest BCUT2D eigenvalue weighted by molar-refractivity contribution is 6.20. The Hall–Kier alpha value is -1.87. The van der Waals surface area contributed by atoms with Crippen molar-refractivity contribution in [1.29, 1.82) is 0 Å². The third-order valence-corrected chi connectivity index (χ3v) is 4.63. The molecule has 0 N–H and O–H groups in total. The number of aromatic nitrogens is 1. The predicted octanol–water partition coefficient (Wildman–Crippen LogP) is 3.39. The summed E-state index contributed by atoms with van der Waals surface area (Å²) in [5, 5.41) is 1.03. The number of hydrogen-bond acceptors (Lipinski definition) is 2. The molecular weight excluding hydrogens is 298 g/mol. The van der Waals surface area contributed by atoms with Crippen molar-refractivity contribution in [3.8, 4) is 11.1 Å². The number of fused-ring (bicyclic) bond motifs is 1. The summed E-state index contributed by atoms with van der Waals surface area (Å²) in [4.78, 5) is 23.3. The van der Waals surface area contributed by atoms with Crippen LogP contribution in [0.1, 0.15) is 25.5 Å². The number of benzene rings is 1. The molecule has 4 heteroatoms. The first kappa shape index (κ1) is 15.0. The highest BCUT2D eigenvalue weighted by Crippen LogP contribution is 2.34. The summed E-state index contributed by atoms with van der Waals surface area (Å²) in [6.45, 7) is 2.11. The number of para-hydroxylation sites is 1. The van der Waals surface area contributed by atoms with Gasteiger partial charge in [0, 0.05) is 52.6 Å². The highest BCUT2D eigenvalue weighted by Gasteiger charge is 2.23. The molecule has 1 heterocycles. The number of aryl methyl sites for hydroxylation is 1. The van der Waals surface area contributed by atoms with E-state index in [1.807, 2.05) is 31.3 Å². The van der Waals surface area contributed by atoms with Gasteiger partial charge in [0.05, 0.1) is 0 Å². The zero-order valence-corrected chi connectivity index (χ0v) is 13.5. The molecule has 3 rings (SSSR count). The summed E-state index contributed by atoms with van der Waals surface area (Å²) < 4.78 is 2.09. The number of halogens is 1. The van der Waals surface area contributed by atoms with E-state index >= 15 is 0 Å². The minimum absolute atomic E-state index is 0.0262. The molecule has 2 aromatic carbocycles. The summed E-state index contributed by atoms with van der Waals surface area (Å²) in [5.41, 5.74) is 2.69. The van der Waals surface area contributed by atoms with Crippen LogP contribution in [0.2, 0.25) is 0 Å². The molecule has 22 heavy (non-hydrogen) atoms. The summed E-state index contributed by atoms with van der Waals surface area (Å²) >= 11 is 6.43. The third kappa shape index (κ3) is 2.30. The average Bonchev–Trinajstić information content (AvgIpc) is 2.78. The Bertz CT molecular complexity index is 900. The van der Waals surface area contributed by atoms with Gasteiger partial charge >= 0.3 is 0 Å². The van der Waals surface area contributed by atoms with E-state index in [0.29, 0.717) is 12.0 Å². The zero-order valence-electron chi connectivity index (χ0n) is 12.7. The average molecular weight is 316 g/mol. The maximum absolute atomic E-state index is 11.9. The monoisotopic (exact) mass is 315 g/mol. The Labute approximate surface area is 133 Å². The van der Waals surface area contributed by atoms with Gasteiger partial charge in [-0.1, -0.05) is 31.5 Å². The van der Waals surface area contributed by atoms with Crippen LogP contribution in [0.3, 0.4) is 0 Å². The number of rotatable bonds is 5. The van der Waals surface area contributed by atoms with Gasteiger partial charge in [-0.2, -0.15) is 0 Å². The van der Waals surface area contributed by atoms with Crippen LogP contribution >= 0.6 is 11.6 Å². The molecule has 1 unspecified atom stereocenters. The van der Waals surface area contributed by atoms with Crippen molar-refractivity contribution in [1.82, 2.24) is 4.57 Å². The molecule has 1 atom stereocenters. The molecule has 3 nitrogen and oxygen atoms in total. The van der Waals surface area contributed by atoms with Crippen LogP contribution in [0, 0.1) is 0 Å². The van der Waals surface area contributed by atoms with E-state index in [2.05, 4.69) is 11.5 Å². The molecule has 114 valence electrons. The molecule has 0 spiro atoms. The smallest absolute Gasteiger partial charge is 0.233 e. The summed E-state index contributed by atoms with van der Waals surface area (Å²) in [6.07, 6.45) is 2.64. The van der Waals surface area contributed by atoms with Gasteiger partial charge in [0.25, 0.3) is 0 Å². The molecule has 0 saturated heterocycles. The van der Waals surface area contributed by atoms with Gasteiger partial charge in [0.1, 0.15) is 0 Å². The first-order valence-corrected chi connectivity index (χ1v) is 7.99. The van der Waals surface area contributed by atoms with Gasteiger partial charge in [-0.25, -0.2) is 0 Å². The van der Waals surface area contributed by atoms with Gasteiger partial charge in [0.15, 0.2) is 0 Å². The van der Waals surface area contributed by atoms with E-state index in [-0.39, 0.29) is 10.8 Å². The summed E-state index contributed by atoms with van der Waals surface area (Å²) in [5.74, 6) is 0. The van der Waals surface area contributed by atoms with Gasteiger partial charge in [0.2, 0.25) is 10.9 Å². The topological polar surface area (TPSA) is 39.1 Å². The van der Waals surface area contributed by atoms with Crippen LogP contribution in [0.25, 0.3) is 22.0 Å². The van der Waals surface area contributed by atoms with Crippen LogP contribution in [-0.4, -0.2) is 9.94 Å². The maximum Gasteiger partial charge on any atom is 0.233 e. The Balaban J connectivity index is 2.22. The fraction of sp³-hybridized carbons (Fsp3) is 0.333.